The summed E-state index contributed by atoms with van der Waals surface area (Å²) in [5.41, 5.74) is 3.72. The third kappa shape index (κ3) is 4.70. The van der Waals surface area contributed by atoms with Gasteiger partial charge in [0.25, 0.3) is 0 Å². The second-order valence-corrected chi connectivity index (χ2v) is 5.91. The van der Waals surface area contributed by atoms with E-state index < -0.39 is 11.8 Å². The van der Waals surface area contributed by atoms with Gasteiger partial charge in [-0.15, -0.1) is 0 Å². The molecule has 0 unspecified atom stereocenters. The molecule has 0 saturated carbocycles. The highest BCUT2D eigenvalue weighted by Crippen LogP contribution is 2.25. The number of phenols is 1. The molecule has 27 heavy (non-hydrogen) atoms. The predicted molar refractivity (Wildman–Crippen MR) is 105 cm³/mol. The number of amides is 2. The van der Waals surface area contributed by atoms with Crippen molar-refractivity contribution < 1.29 is 14.7 Å². The van der Waals surface area contributed by atoms with E-state index in [4.69, 9.17) is 0 Å². The molecule has 6 nitrogen and oxygen atoms in total. The summed E-state index contributed by atoms with van der Waals surface area (Å²) in [6, 6.07) is 20.5. The first-order valence-electron chi connectivity index (χ1n) is 8.51. The first-order valence-corrected chi connectivity index (χ1v) is 8.51. The second kappa shape index (κ2) is 8.62. The van der Waals surface area contributed by atoms with E-state index in [-0.39, 0.29) is 5.75 Å². The third-order valence-electron chi connectivity index (χ3n) is 4.06. The van der Waals surface area contributed by atoms with Gasteiger partial charge >= 0.3 is 11.8 Å². The number of rotatable bonds is 5. The van der Waals surface area contributed by atoms with Gasteiger partial charge < -0.3 is 10.4 Å². The first-order chi connectivity index (χ1) is 13.1. The predicted octanol–water partition coefficient (Wildman–Crippen LogP) is 2.35. The Morgan fingerprint density at radius 3 is 2.48 bits per heavy atom. The molecule has 136 valence electrons. The van der Waals surface area contributed by atoms with Crippen molar-refractivity contribution in [3.05, 3.63) is 77.9 Å². The Bertz CT molecular complexity index is 984. The number of hydrogen-bond donors (Lipinski definition) is 3. The van der Waals surface area contributed by atoms with E-state index >= 15 is 0 Å². The summed E-state index contributed by atoms with van der Waals surface area (Å²) in [5.74, 6) is -1.58. The fourth-order valence-electron chi connectivity index (χ4n) is 2.67. The molecule has 0 aliphatic rings. The second-order valence-electron chi connectivity index (χ2n) is 5.91. The van der Waals surface area contributed by atoms with E-state index in [9.17, 15) is 14.7 Å². The lowest BCUT2D eigenvalue weighted by Crippen LogP contribution is -2.38. The lowest BCUT2D eigenvalue weighted by Gasteiger charge is -2.05. The summed E-state index contributed by atoms with van der Waals surface area (Å²) >= 11 is 0. The molecule has 0 aromatic heterocycles. The van der Waals surface area contributed by atoms with Crippen LogP contribution in [0, 0.1) is 0 Å². The minimum atomic E-state index is -0.862. The minimum absolute atomic E-state index is 0.0408. The van der Waals surface area contributed by atoms with E-state index in [2.05, 4.69) is 15.8 Å². The topological polar surface area (TPSA) is 90.8 Å². The van der Waals surface area contributed by atoms with Crippen LogP contribution in [0.5, 0.6) is 5.75 Å². The summed E-state index contributed by atoms with van der Waals surface area (Å²) in [6.45, 7) is 0.351. The number of phenolic OH excluding ortho intramolecular Hbond substituents is 1. The molecule has 0 aliphatic carbocycles. The lowest BCUT2D eigenvalue weighted by molar-refractivity contribution is -0.139. The van der Waals surface area contributed by atoms with Gasteiger partial charge in [-0.1, -0.05) is 60.7 Å². The normalized spacial score (nSPS) is 10.8. The Labute approximate surface area is 156 Å². The van der Waals surface area contributed by atoms with Crippen molar-refractivity contribution in [3.63, 3.8) is 0 Å². The number of nitrogens with zero attached hydrogens (tertiary/aromatic N) is 1. The fraction of sp³-hybridized carbons (Fsp3) is 0.0952. The van der Waals surface area contributed by atoms with Crippen LogP contribution in [-0.2, 0) is 16.0 Å². The number of aromatic hydroxyl groups is 1. The number of hydrazone groups is 1. The van der Waals surface area contributed by atoms with Crippen LogP contribution >= 0.6 is 0 Å². The van der Waals surface area contributed by atoms with Crippen molar-refractivity contribution in [1.29, 1.82) is 0 Å². The average molecular weight is 361 g/mol. The number of nitrogens with one attached hydrogen (secondary N) is 2. The highest BCUT2D eigenvalue weighted by atomic mass is 16.3. The number of benzene rings is 3. The molecule has 0 radical (unpaired) electrons. The zero-order valence-corrected chi connectivity index (χ0v) is 14.6. The molecule has 0 atom stereocenters. The van der Waals surface area contributed by atoms with E-state index in [1.54, 1.807) is 12.1 Å². The molecule has 6 heteroatoms. The lowest BCUT2D eigenvalue weighted by atomic mass is 10.0. The average Bonchev–Trinajstić information content (AvgIpc) is 2.70. The van der Waals surface area contributed by atoms with Gasteiger partial charge in [0.2, 0.25) is 0 Å². The molecule has 0 saturated heterocycles. The maximum absolute atomic E-state index is 11.8. The Morgan fingerprint density at radius 1 is 0.926 bits per heavy atom. The molecule has 3 rings (SSSR count). The van der Waals surface area contributed by atoms with Gasteiger partial charge in [0.05, 0.1) is 6.21 Å². The summed E-state index contributed by atoms with van der Waals surface area (Å²) < 4.78 is 0. The maximum atomic E-state index is 11.8. The van der Waals surface area contributed by atoms with Crippen molar-refractivity contribution in [3.8, 4) is 5.75 Å². The van der Waals surface area contributed by atoms with Gasteiger partial charge in [-0.3, -0.25) is 9.59 Å². The van der Waals surface area contributed by atoms with Crippen LogP contribution in [0.4, 0.5) is 0 Å². The van der Waals surface area contributed by atoms with Crippen LogP contribution in [0.3, 0.4) is 0 Å². The smallest absolute Gasteiger partial charge is 0.329 e. The Morgan fingerprint density at radius 2 is 1.67 bits per heavy atom. The Hall–Kier alpha value is -3.67. The molecular weight excluding hydrogens is 342 g/mol. The molecule has 2 amide bonds. The maximum Gasteiger partial charge on any atom is 0.329 e. The zero-order chi connectivity index (χ0) is 19.1. The summed E-state index contributed by atoms with van der Waals surface area (Å²) in [6.07, 6.45) is 1.96. The first kappa shape index (κ1) is 18.1. The Balaban J connectivity index is 1.56. The van der Waals surface area contributed by atoms with Gasteiger partial charge in [-0.25, -0.2) is 5.43 Å². The monoisotopic (exact) mass is 361 g/mol. The molecule has 0 bridgehead atoms. The molecule has 3 aromatic carbocycles. The molecular formula is C21H19N3O3. The van der Waals surface area contributed by atoms with Gasteiger partial charge in [0.15, 0.2) is 0 Å². The third-order valence-corrected chi connectivity index (χ3v) is 4.06. The molecule has 3 aromatic rings. The number of carbonyl (C=O) groups excluding carboxylic acids is 2. The van der Waals surface area contributed by atoms with Crippen LogP contribution in [-0.4, -0.2) is 29.7 Å². The molecule has 3 N–H and O–H groups in total. The minimum Gasteiger partial charge on any atom is -0.507 e. The number of hydrogen-bond acceptors (Lipinski definition) is 4. The van der Waals surface area contributed by atoms with Crippen molar-refractivity contribution in [2.24, 2.45) is 5.10 Å². The SMILES string of the molecule is O=C(NCCc1ccccc1)C(=O)N/N=C\c1c(O)ccc2ccccc12. The number of carbonyl (C=O) groups is 2. The molecule has 0 aliphatic heterocycles. The van der Waals surface area contributed by atoms with Crippen LogP contribution in [0.1, 0.15) is 11.1 Å². The highest BCUT2D eigenvalue weighted by molar-refractivity contribution is 6.35. The van der Waals surface area contributed by atoms with E-state index in [0.29, 0.717) is 18.5 Å². The molecule has 0 heterocycles. The van der Waals surface area contributed by atoms with Crippen molar-refractivity contribution in [1.82, 2.24) is 10.7 Å². The van der Waals surface area contributed by atoms with Gasteiger partial charge in [-0.2, -0.15) is 5.10 Å². The van der Waals surface area contributed by atoms with Crippen molar-refractivity contribution >= 4 is 28.8 Å². The summed E-state index contributed by atoms with van der Waals surface area (Å²) in [7, 11) is 0. The van der Waals surface area contributed by atoms with E-state index in [1.165, 1.54) is 6.21 Å². The largest absolute Gasteiger partial charge is 0.507 e. The van der Waals surface area contributed by atoms with Gasteiger partial charge in [0, 0.05) is 12.1 Å². The quantitative estimate of drug-likeness (QED) is 0.370. The molecule has 0 spiro atoms. The summed E-state index contributed by atoms with van der Waals surface area (Å²) in [4.78, 5) is 23.6. The van der Waals surface area contributed by atoms with Crippen molar-refractivity contribution in [2.75, 3.05) is 6.54 Å². The van der Waals surface area contributed by atoms with E-state index in [0.717, 1.165) is 16.3 Å². The standard InChI is InChI=1S/C21H19N3O3/c25-19-11-10-16-8-4-5-9-17(16)18(19)14-23-24-21(27)20(26)22-13-12-15-6-2-1-3-7-15/h1-11,14,25H,12-13H2,(H,22,26)(H,24,27)/b23-14-. The van der Waals surface area contributed by atoms with Crippen molar-refractivity contribution in [2.45, 2.75) is 6.42 Å². The van der Waals surface area contributed by atoms with Crippen LogP contribution in [0.25, 0.3) is 10.8 Å². The van der Waals surface area contributed by atoms with Gasteiger partial charge in [0.1, 0.15) is 5.75 Å². The van der Waals surface area contributed by atoms with Crippen LogP contribution in [0.2, 0.25) is 0 Å². The van der Waals surface area contributed by atoms with Gasteiger partial charge in [-0.05, 0) is 28.8 Å². The highest BCUT2D eigenvalue weighted by Gasteiger charge is 2.12. The fourth-order valence-corrected chi connectivity index (χ4v) is 2.67. The Kier molecular flexibility index (Phi) is 5.79. The summed E-state index contributed by atoms with van der Waals surface area (Å²) in [5, 5.41) is 18.1. The molecule has 0 fully saturated rings. The van der Waals surface area contributed by atoms with Crippen LogP contribution < -0.4 is 10.7 Å². The zero-order valence-electron chi connectivity index (χ0n) is 14.6. The number of fused-ring (bicyclic) bond motifs is 1. The van der Waals surface area contributed by atoms with Crippen LogP contribution in [0.15, 0.2) is 71.8 Å². The van der Waals surface area contributed by atoms with E-state index in [1.807, 2.05) is 54.6 Å².